The van der Waals surface area contributed by atoms with Crippen LogP contribution in [0.25, 0.3) is 10.8 Å². The molecule has 0 saturated heterocycles. The summed E-state index contributed by atoms with van der Waals surface area (Å²) in [5.41, 5.74) is 3.80. The summed E-state index contributed by atoms with van der Waals surface area (Å²) in [6, 6.07) is 24.7. The molecule has 3 aromatic rings. The fourth-order valence-electron chi connectivity index (χ4n) is 4.61. The average molecular weight is 360 g/mol. The van der Waals surface area contributed by atoms with Crippen LogP contribution in [0.15, 0.2) is 66.7 Å². The molecule has 4 rings (SSSR count). The van der Waals surface area contributed by atoms with Crippen LogP contribution in [0.1, 0.15) is 61.3 Å². The van der Waals surface area contributed by atoms with Crippen LogP contribution in [0.3, 0.4) is 0 Å². The SMILES string of the molecule is C[C@@H](N[C@H]1CCC[C@H](c2ccc(CO)cc2)C1)c1cccc2ccccc12. The summed E-state index contributed by atoms with van der Waals surface area (Å²) in [6.07, 6.45) is 4.97. The number of fused-ring (bicyclic) bond motifs is 1. The van der Waals surface area contributed by atoms with Gasteiger partial charge < -0.3 is 10.4 Å². The minimum Gasteiger partial charge on any atom is -0.392 e. The summed E-state index contributed by atoms with van der Waals surface area (Å²) in [4.78, 5) is 0. The lowest BCUT2D eigenvalue weighted by Gasteiger charge is -2.32. The van der Waals surface area contributed by atoms with Crippen LogP contribution in [-0.4, -0.2) is 11.1 Å². The summed E-state index contributed by atoms with van der Waals surface area (Å²) in [7, 11) is 0. The zero-order chi connectivity index (χ0) is 18.6. The summed E-state index contributed by atoms with van der Waals surface area (Å²) < 4.78 is 0. The normalized spacial score (nSPS) is 21.3. The van der Waals surface area contributed by atoms with Gasteiger partial charge in [0.25, 0.3) is 0 Å². The van der Waals surface area contributed by atoms with Crippen molar-refractivity contribution in [3.8, 4) is 0 Å². The maximum absolute atomic E-state index is 9.25. The molecule has 0 heterocycles. The number of nitrogens with one attached hydrogen (secondary N) is 1. The van der Waals surface area contributed by atoms with Gasteiger partial charge in [-0.2, -0.15) is 0 Å². The molecule has 0 spiro atoms. The minimum absolute atomic E-state index is 0.123. The predicted molar refractivity (Wildman–Crippen MR) is 113 cm³/mol. The lowest BCUT2D eigenvalue weighted by molar-refractivity contribution is 0.281. The van der Waals surface area contributed by atoms with Gasteiger partial charge in [0.05, 0.1) is 6.61 Å². The van der Waals surface area contributed by atoms with Crippen molar-refractivity contribution in [2.75, 3.05) is 0 Å². The Kier molecular flexibility index (Phi) is 5.56. The number of hydrogen-bond acceptors (Lipinski definition) is 2. The molecule has 2 heteroatoms. The molecule has 3 aromatic carbocycles. The van der Waals surface area contributed by atoms with Crippen molar-refractivity contribution < 1.29 is 5.11 Å². The van der Waals surface area contributed by atoms with E-state index in [1.165, 1.54) is 47.6 Å². The first-order valence-electron chi connectivity index (χ1n) is 10.2. The first kappa shape index (κ1) is 18.2. The van der Waals surface area contributed by atoms with Crippen molar-refractivity contribution in [1.82, 2.24) is 5.32 Å². The Hall–Kier alpha value is -2.16. The van der Waals surface area contributed by atoms with E-state index in [9.17, 15) is 5.11 Å². The zero-order valence-electron chi connectivity index (χ0n) is 16.1. The molecule has 3 atom stereocenters. The highest BCUT2D eigenvalue weighted by molar-refractivity contribution is 5.86. The van der Waals surface area contributed by atoms with Gasteiger partial charge in [-0.05, 0) is 59.6 Å². The zero-order valence-corrected chi connectivity index (χ0v) is 16.1. The molecule has 27 heavy (non-hydrogen) atoms. The average Bonchev–Trinajstić information content (AvgIpc) is 2.73. The van der Waals surface area contributed by atoms with E-state index in [-0.39, 0.29) is 6.61 Å². The maximum Gasteiger partial charge on any atom is 0.0681 e. The van der Waals surface area contributed by atoms with Crippen LogP contribution >= 0.6 is 0 Å². The predicted octanol–water partition coefficient (Wildman–Crippen LogP) is 5.71. The largest absolute Gasteiger partial charge is 0.392 e. The topological polar surface area (TPSA) is 32.3 Å². The third-order valence-electron chi connectivity index (χ3n) is 6.08. The highest BCUT2D eigenvalue weighted by Gasteiger charge is 2.24. The molecule has 2 nitrogen and oxygen atoms in total. The van der Waals surface area contributed by atoms with E-state index in [0.717, 1.165) is 5.56 Å². The van der Waals surface area contributed by atoms with Crippen LogP contribution in [0.2, 0.25) is 0 Å². The van der Waals surface area contributed by atoms with Crippen LogP contribution in [0.4, 0.5) is 0 Å². The monoisotopic (exact) mass is 359 g/mol. The van der Waals surface area contributed by atoms with E-state index >= 15 is 0 Å². The van der Waals surface area contributed by atoms with Gasteiger partial charge in [-0.1, -0.05) is 73.2 Å². The van der Waals surface area contributed by atoms with Crippen molar-refractivity contribution in [3.05, 3.63) is 83.4 Å². The number of rotatable bonds is 5. The Morgan fingerprint density at radius 2 is 1.74 bits per heavy atom. The van der Waals surface area contributed by atoms with Crippen LogP contribution in [0, 0.1) is 0 Å². The fourth-order valence-corrected chi connectivity index (χ4v) is 4.61. The molecule has 2 N–H and O–H groups in total. The molecule has 0 aliphatic heterocycles. The molecule has 0 bridgehead atoms. The molecule has 1 fully saturated rings. The van der Waals surface area contributed by atoms with E-state index in [2.05, 4.69) is 79.0 Å². The van der Waals surface area contributed by atoms with Gasteiger partial charge in [-0.25, -0.2) is 0 Å². The fraction of sp³-hybridized carbons (Fsp3) is 0.360. The van der Waals surface area contributed by atoms with Crippen molar-refractivity contribution >= 4 is 10.8 Å². The molecular formula is C25H29NO. The van der Waals surface area contributed by atoms with Gasteiger partial charge in [-0.15, -0.1) is 0 Å². The molecule has 0 aromatic heterocycles. The molecule has 0 unspecified atom stereocenters. The van der Waals surface area contributed by atoms with E-state index in [1.807, 2.05) is 0 Å². The van der Waals surface area contributed by atoms with E-state index in [1.54, 1.807) is 0 Å². The number of benzene rings is 3. The maximum atomic E-state index is 9.25. The van der Waals surface area contributed by atoms with E-state index < -0.39 is 0 Å². The lowest BCUT2D eigenvalue weighted by atomic mass is 9.81. The molecular weight excluding hydrogens is 330 g/mol. The summed E-state index contributed by atoms with van der Waals surface area (Å²) in [5.74, 6) is 0.615. The van der Waals surface area contributed by atoms with Crippen molar-refractivity contribution in [1.29, 1.82) is 0 Å². The molecule has 1 aliphatic rings. The molecule has 140 valence electrons. The summed E-state index contributed by atoms with van der Waals surface area (Å²) in [5, 5.41) is 15.8. The smallest absolute Gasteiger partial charge is 0.0681 e. The minimum atomic E-state index is 0.123. The quantitative estimate of drug-likeness (QED) is 0.611. The first-order valence-corrected chi connectivity index (χ1v) is 10.2. The van der Waals surface area contributed by atoms with Crippen molar-refractivity contribution in [2.45, 2.75) is 57.2 Å². The van der Waals surface area contributed by atoms with Gasteiger partial charge in [0.15, 0.2) is 0 Å². The number of hydrogen-bond donors (Lipinski definition) is 2. The van der Waals surface area contributed by atoms with Crippen LogP contribution in [-0.2, 0) is 6.61 Å². The van der Waals surface area contributed by atoms with E-state index in [0.29, 0.717) is 18.0 Å². The second-order valence-corrected chi connectivity index (χ2v) is 7.92. The second-order valence-electron chi connectivity index (χ2n) is 7.92. The van der Waals surface area contributed by atoms with E-state index in [4.69, 9.17) is 0 Å². The van der Waals surface area contributed by atoms with Gasteiger partial charge >= 0.3 is 0 Å². The van der Waals surface area contributed by atoms with Gasteiger partial charge in [0, 0.05) is 12.1 Å². The Morgan fingerprint density at radius 1 is 0.963 bits per heavy atom. The van der Waals surface area contributed by atoms with Gasteiger partial charge in [-0.3, -0.25) is 0 Å². The first-order chi connectivity index (χ1) is 13.2. The number of aliphatic hydroxyl groups is 1. The Morgan fingerprint density at radius 3 is 2.56 bits per heavy atom. The third kappa shape index (κ3) is 4.07. The summed E-state index contributed by atoms with van der Waals surface area (Å²) >= 11 is 0. The Labute approximate surface area is 162 Å². The standard InChI is InChI=1S/C25H29NO/c1-18(24-11-5-7-21-6-2-3-10-25(21)24)26-23-9-4-8-22(16-23)20-14-12-19(17-27)13-15-20/h2-3,5-7,10-15,18,22-23,26-27H,4,8-9,16-17H2,1H3/t18-,22+,23+/m1/s1. The molecule has 1 saturated carbocycles. The Balaban J connectivity index is 1.46. The van der Waals surface area contributed by atoms with Gasteiger partial charge in [0.2, 0.25) is 0 Å². The highest BCUT2D eigenvalue weighted by Crippen LogP contribution is 2.34. The number of aliphatic hydroxyl groups excluding tert-OH is 1. The van der Waals surface area contributed by atoms with Crippen molar-refractivity contribution in [2.24, 2.45) is 0 Å². The molecule has 0 amide bonds. The third-order valence-corrected chi connectivity index (χ3v) is 6.08. The second kappa shape index (κ2) is 8.24. The van der Waals surface area contributed by atoms with Crippen LogP contribution < -0.4 is 5.32 Å². The van der Waals surface area contributed by atoms with Gasteiger partial charge in [0.1, 0.15) is 0 Å². The van der Waals surface area contributed by atoms with Crippen LogP contribution in [0.5, 0.6) is 0 Å². The molecule has 1 aliphatic carbocycles. The lowest BCUT2D eigenvalue weighted by Crippen LogP contribution is -2.35. The van der Waals surface area contributed by atoms with Crippen molar-refractivity contribution in [3.63, 3.8) is 0 Å². The highest BCUT2D eigenvalue weighted by atomic mass is 16.3. The molecule has 0 radical (unpaired) electrons. The summed E-state index contributed by atoms with van der Waals surface area (Å²) in [6.45, 7) is 2.42. The Bertz CT molecular complexity index is 881.